The van der Waals surface area contributed by atoms with E-state index >= 15 is 0 Å². The topological polar surface area (TPSA) is 36.9 Å². The summed E-state index contributed by atoms with van der Waals surface area (Å²) in [6.07, 6.45) is -1.57. The highest BCUT2D eigenvalue weighted by Gasteiger charge is 2.60. The van der Waals surface area contributed by atoms with Crippen molar-refractivity contribution < 1.29 is 18.9 Å². The average molecular weight is 590 g/mol. The Hall–Kier alpha value is -2.12. The summed E-state index contributed by atoms with van der Waals surface area (Å²) in [6.45, 7) is 0. The fourth-order valence-electron chi connectivity index (χ4n) is 4.83. The average Bonchev–Trinajstić information content (AvgIpc) is 2.94. The van der Waals surface area contributed by atoms with Crippen LogP contribution in [0.3, 0.4) is 0 Å². The lowest BCUT2D eigenvalue weighted by Gasteiger charge is -2.54. The molecule has 0 amide bonds. The van der Waals surface area contributed by atoms with Crippen molar-refractivity contribution in [3.63, 3.8) is 0 Å². The standard InChI is InChI=1S/C30H24Cl4O4/c1-35-29(21-7-15-25(33)16-8-21)27(19-3-11-23(31)12-4-19)38-30(36-2,22-9-17-26(34)18-10-22)28(37-29)20-5-13-24(32)14-6-20/h3-18,27-28H,1-2H3. The number of ether oxygens (including phenoxy) is 4. The second-order valence-electron chi connectivity index (χ2n) is 8.86. The Kier molecular flexibility index (Phi) is 8.07. The summed E-state index contributed by atoms with van der Waals surface area (Å²) in [6, 6.07) is 29.3. The zero-order chi connectivity index (χ0) is 26.9. The quantitative estimate of drug-likeness (QED) is 0.225. The van der Waals surface area contributed by atoms with Crippen molar-refractivity contribution in [2.75, 3.05) is 14.2 Å². The molecule has 1 heterocycles. The van der Waals surface area contributed by atoms with Crippen molar-refractivity contribution in [3.8, 4) is 0 Å². The number of methoxy groups -OCH3 is 2. The SMILES string of the molecule is COC1(c2ccc(Cl)cc2)OC(c2ccc(Cl)cc2)C(OC)(c2ccc(Cl)cc2)OC1c1ccc(Cl)cc1. The first-order chi connectivity index (χ1) is 18.3. The Morgan fingerprint density at radius 3 is 1.00 bits per heavy atom. The number of rotatable bonds is 6. The zero-order valence-corrected chi connectivity index (χ0v) is 23.6. The molecule has 0 aliphatic carbocycles. The van der Waals surface area contributed by atoms with Gasteiger partial charge in [0.15, 0.2) is 0 Å². The van der Waals surface area contributed by atoms with Crippen molar-refractivity contribution >= 4 is 46.4 Å². The Morgan fingerprint density at radius 2 is 0.737 bits per heavy atom. The van der Waals surface area contributed by atoms with Crippen LogP contribution in [-0.2, 0) is 30.5 Å². The van der Waals surface area contributed by atoms with Crippen LogP contribution < -0.4 is 0 Å². The van der Waals surface area contributed by atoms with Crippen molar-refractivity contribution in [2.45, 2.75) is 23.8 Å². The predicted molar refractivity (Wildman–Crippen MR) is 151 cm³/mol. The molecule has 196 valence electrons. The summed E-state index contributed by atoms with van der Waals surface area (Å²) in [4.78, 5) is 0. The first kappa shape index (κ1) is 27.4. The minimum Gasteiger partial charge on any atom is -0.347 e. The van der Waals surface area contributed by atoms with Gasteiger partial charge in [-0.3, -0.25) is 0 Å². The Morgan fingerprint density at radius 1 is 0.474 bits per heavy atom. The van der Waals surface area contributed by atoms with Gasteiger partial charge in [0.05, 0.1) is 0 Å². The molecule has 4 aromatic rings. The molecule has 4 unspecified atom stereocenters. The lowest BCUT2D eigenvalue weighted by atomic mass is 9.86. The monoisotopic (exact) mass is 588 g/mol. The second-order valence-corrected chi connectivity index (χ2v) is 10.6. The summed E-state index contributed by atoms with van der Waals surface area (Å²) >= 11 is 24.9. The summed E-state index contributed by atoms with van der Waals surface area (Å²) in [7, 11) is 3.17. The zero-order valence-electron chi connectivity index (χ0n) is 20.5. The molecule has 0 N–H and O–H groups in total. The van der Waals surface area contributed by atoms with Gasteiger partial charge in [0.1, 0.15) is 12.2 Å². The van der Waals surface area contributed by atoms with Crippen LogP contribution in [0.2, 0.25) is 20.1 Å². The fraction of sp³-hybridized carbons (Fsp3) is 0.200. The molecule has 0 radical (unpaired) electrons. The molecule has 1 aliphatic rings. The van der Waals surface area contributed by atoms with E-state index < -0.39 is 23.8 Å². The Bertz CT molecular complexity index is 1270. The largest absolute Gasteiger partial charge is 0.347 e. The van der Waals surface area contributed by atoms with Crippen LogP contribution in [0.25, 0.3) is 0 Å². The van der Waals surface area contributed by atoms with E-state index in [-0.39, 0.29) is 0 Å². The van der Waals surface area contributed by atoms with E-state index in [2.05, 4.69) is 0 Å². The van der Waals surface area contributed by atoms with Gasteiger partial charge < -0.3 is 18.9 Å². The maximum absolute atomic E-state index is 7.04. The molecule has 5 rings (SSSR count). The molecule has 1 aliphatic heterocycles. The molecular weight excluding hydrogens is 566 g/mol. The van der Waals surface area contributed by atoms with E-state index in [4.69, 9.17) is 65.4 Å². The van der Waals surface area contributed by atoms with Crippen molar-refractivity contribution in [3.05, 3.63) is 139 Å². The maximum atomic E-state index is 7.04. The van der Waals surface area contributed by atoms with Gasteiger partial charge >= 0.3 is 0 Å². The third-order valence-electron chi connectivity index (χ3n) is 6.72. The Labute approximate surface area is 241 Å². The van der Waals surface area contributed by atoms with Gasteiger partial charge in [0.2, 0.25) is 11.6 Å². The van der Waals surface area contributed by atoms with E-state index in [9.17, 15) is 0 Å². The summed E-state index contributed by atoms with van der Waals surface area (Å²) in [5, 5.41) is 2.35. The van der Waals surface area contributed by atoms with E-state index in [1.54, 1.807) is 62.8 Å². The van der Waals surface area contributed by atoms with Gasteiger partial charge in [-0.05, 0) is 59.7 Å². The molecule has 38 heavy (non-hydrogen) atoms. The molecule has 1 fully saturated rings. The van der Waals surface area contributed by atoms with Crippen molar-refractivity contribution in [1.82, 2.24) is 0 Å². The molecule has 8 heteroatoms. The van der Waals surface area contributed by atoms with Gasteiger partial charge in [0, 0.05) is 45.4 Å². The number of benzene rings is 4. The van der Waals surface area contributed by atoms with Crippen LogP contribution in [-0.4, -0.2) is 14.2 Å². The lowest BCUT2D eigenvalue weighted by molar-refractivity contribution is -0.454. The lowest BCUT2D eigenvalue weighted by Crippen LogP contribution is -2.55. The van der Waals surface area contributed by atoms with Gasteiger partial charge in [0.25, 0.3) is 0 Å². The van der Waals surface area contributed by atoms with Crippen LogP contribution in [0.1, 0.15) is 34.5 Å². The minimum atomic E-state index is -1.39. The van der Waals surface area contributed by atoms with E-state index in [1.165, 1.54) is 0 Å². The molecule has 0 saturated carbocycles. The minimum absolute atomic E-state index is 0.585. The van der Waals surface area contributed by atoms with Gasteiger partial charge in [-0.25, -0.2) is 0 Å². The van der Waals surface area contributed by atoms with Crippen LogP contribution >= 0.6 is 46.4 Å². The summed E-state index contributed by atoms with van der Waals surface area (Å²) < 4.78 is 26.6. The summed E-state index contributed by atoms with van der Waals surface area (Å²) in [5.74, 6) is -2.78. The van der Waals surface area contributed by atoms with Gasteiger partial charge in [-0.2, -0.15) is 0 Å². The van der Waals surface area contributed by atoms with Crippen molar-refractivity contribution in [2.24, 2.45) is 0 Å². The normalized spacial score (nSPS) is 25.3. The molecule has 1 saturated heterocycles. The van der Waals surface area contributed by atoms with Crippen LogP contribution in [0.4, 0.5) is 0 Å². The van der Waals surface area contributed by atoms with Crippen LogP contribution in [0.5, 0.6) is 0 Å². The molecule has 4 nitrogen and oxygen atoms in total. The fourth-order valence-corrected chi connectivity index (χ4v) is 5.33. The van der Waals surface area contributed by atoms with Crippen LogP contribution in [0, 0.1) is 0 Å². The van der Waals surface area contributed by atoms with Crippen molar-refractivity contribution in [1.29, 1.82) is 0 Å². The molecular formula is C30H24Cl4O4. The highest BCUT2D eigenvalue weighted by Crippen LogP contribution is 2.58. The number of hydrogen-bond donors (Lipinski definition) is 0. The first-order valence-corrected chi connectivity index (χ1v) is 13.3. The van der Waals surface area contributed by atoms with E-state index in [0.717, 1.165) is 11.1 Å². The highest BCUT2D eigenvalue weighted by molar-refractivity contribution is 6.31. The highest BCUT2D eigenvalue weighted by atomic mass is 35.5. The third-order valence-corrected chi connectivity index (χ3v) is 7.73. The third kappa shape index (κ3) is 4.97. The van der Waals surface area contributed by atoms with E-state index in [0.29, 0.717) is 31.2 Å². The predicted octanol–water partition coefficient (Wildman–Crippen LogP) is 9.13. The first-order valence-electron chi connectivity index (χ1n) is 11.8. The maximum Gasteiger partial charge on any atom is 0.227 e. The molecule has 0 bridgehead atoms. The summed E-state index contributed by atoms with van der Waals surface area (Å²) in [5.41, 5.74) is 2.97. The van der Waals surface area contributed by atoms with Crippen LogP contribution in [0.15, 0.2) is 97.1 Å². The van der Waals surface area contributed by atoms with Gasteiger partial charge in [-0.15, -0.1) is 0 Å². The molecule has 4 aromatic carbocycles. The second kappa shape index (κ2) is 11.2. The molecule has 0 aromatic heterocycles. The number of halogens is 4. The van der Waals surface area contributed by atoms with E-state index in [1.807, 2.05) is 48.5 Å². The smallest absolute Gasteiger partial charge is 0.227 e. The number of hydrogen-bond acceptors (Lipinski definition) is 4. The Balaban J connectivity index is 1.77. The molecule has 0 spiro atoms. The van der Waals surface area contributed by atoms with Gasteiger partial charge in [-0.1, -0.05) is 94.9 Å². The molecule has 4 atom stereocenters.